The van der Waals surface area contributed by atoms with Crippen LogP contribution in [0.25, 0.3) is 11.4 Å². The average molecular weight is 438 g/mol. The minimum absolute atomic E-state index is 0.253. The number of halogens is 1. The largest absolute Gasteiger partial charge is 0.489 e. The van der Waals surface area contributed by atoms with E-state index in [0.717, 1.165) is 65.9 Å². The number of ether oxygens (including phenoxy) is 1. The standard InChI is InChI=1S/C25H28ClN3O2/c1-18(11-13-30)15-29-12-10-24-21(16-29)14-27-25(28-24)20-4-8-23(9-5-20)31-17-19-2-6-22(26)7-3-19/h2-9,14,18,30H,10-13,15-17H2,1H3. The van der Waals surface area contributed by atoms with Crippen molar-refractivity contribution in [3.05, 3.63) is 76.6 Å². The van der Waals surface area contributed by atoms with Crippen LogP contribution in [0.2, 0.25) is 5.02 Å². The summed E-state index contributed by atoms with van der Waals surface area (Å²) < 4.78 is 5.87. The number of fused-ring (bicyclic) bond motifs is 1. The van der Waals surface area contributed by atoms with Gasteiger partial charge in [0.05, 0.1) is 5.69 Å². The highest BCUT2D eigenvalue weighted by Crippen LogP contribution is 2.24. The quantitative estimate of drug-likeness (QED) is 0.551. The fourth-order valence-electron chi connectivity index (χ4n) is 3.87. The molecule has 0 aliphatic carbocycles. The van der Waals surface area contributed by atoms with E-state index in [0.29, 0.717) is 12.5 Å². The van der Waals surface area contributed by atoms with E-state index >= 15 is 0 Å². The summed E-state index contributed by atoms with van der Waals surface area (Å²) in [5.74, 6) is 2.06. The minimum Gasteiger partial charge on any atom is -0.489 e. The van der Waals surface area contributed by atoms with Crippen LogP contribution in [0.1, 0.15) is 30.2 Å². The van der Waals surface area contributed by atoms with Crippen LogP contribution in [-0.4, -0.2) is 39.7 Å². The third-order valence-corrected chi connectivity index (χ3v) is 5.89. The monoisotopic (exact) mass is 437 g/mol. The molecule has 0 saturated carbocycles. The number of hydrogen-bond acceptors (Lipinski definition) is 5. The van der Waals surface area contributed by atoms with Gasteiger partial charge < -0.3 is 9.84 Å². The molecule has 1 aliphatic heterocycles. The van der Waals surface area contributed by atoms with Gasteiger partial charge in [-0.3, -0.25) is 4.90 Å². The van der Waals surface area contributed by atoms with E-state index < -0.39 is 0 Å². The fraction of sp³-hybridized carbons (Fsp3) is 0.360. The summed E-state index contributed by atoms with van der Waals surface area (Å²) >= 11 is 5.92. The zero-order valence-electron chi connectivity index (χ0n) is 17.8. The Kier molecular flexibility index (Phi) is 7.17. The summed E-state index contributed by atoms with van der Waals surface area (Å²) in [7, 11) is 0. The third kappa shape index (κ3) is 5.82. The van der Waals surface area contributed by atoms with Gasteiger partial charge >= 0.3 is 0 Å². The van der Waals surface area contributed by atoms with Crippen LogP contribution in [0, 0.1) is 5.92 Å². The molecule has 0 spiro atoms. The Morgan fingerprint density at radius 3 is 2.65 bits per heavy atom. The topological polar surface area (TPSA) is 58.5 Å². The highest BCUT2D eigenvalue weighted by molar-refractivity contribution is 6.30. The molecule has 1 aromatic heterocycles. The maximum Gasteiger partial charge on any atom is 0.159 e. The molecule has 31 heavy (non-hydrogen) atoms. The Morgan fingerprint density at radius 2 is 1.90 bits per heavy atom. The van der Waals surface area contributed by atoms with Gasteiger partial charge in [-0.15, -0.1) is 0 Å². The van der Waals surface area contributed by atoms with Crippen LogP contribution in [0.5, 0.6) is 5.75 Å². The summed E-state index contributed by atoms with van der Waals surface area (Å²) in [5, 5.41) is 9.84. The highest BCUT2D eigenvalue weighted by atomic mass is 35.5. The van der Waals surface area contributed by atoms with E-state index in [2.05, 4.69) is 16.8 Å². The molecule has 0 fully saturated rings. The molecule has 4 rings (SSSR count). The number of nitrogens with zero attached hydrogens (tertiary/aromatic N) is 3. The summed E-state index contributed by atoms with van der Waals surface area (Å²) in [6.07, 6.45) is 3.74. The van der Waals surface area contributed by atoms with Crippen LogP contribution >= 0.6 is 11.6 Å². The number of aromatic nitrogens is 2. The van der Waals surface area contributed by atoms with E-state index in [1.54, 1.807) is 0 Å². The van der Waals surface area contributed by atoms with Crippen molar-refractivity contribution in [2.24, 2.45) is 5.92 Å². The summed E-state index contributed by atoms with van der Waals surface area (Å²) in [6, 6.07) is 15.6. The second kappa shape index (κ2) is 10.2. The lowest BCUT2D eigenvalue weighted by Crippen LogP contribution is -2.34. The molecule has 0 bridgehead atoms. The van der Waals surface area contributed by atoms with Gasteiger partial charge in [0.1, 0.15) is 12.4 Å². The Morgan fingerprint density at radius 1 is 1.13 bits per heavy atom. The van der Waals surface area contributed by atoms with Gasteiger partial charge in [0, 0.05) is 55.0 Å². The second-order valence-corrected chi connectivity index (χ2v) is 8.64. The molecule has 2 aromatic carbocycles. The maximum absolute atomic E-state index is 9.12. The Balaban J connectivity index is 1.37. The molecule has 3 aromatic rings. The number of rotatable bonds is 8. The van der Waals surface area contributed by atoms with Crippen molar-refractivity contribution in [2.45, 2.75) is 32.9 Å². The van der Waals surface area contributed by atoms with E-state index in [1.807, 2.05) is 54.7 Å². The molecule has 162 valence electrons. The van der Waals surface area contributed by atoms with Crippen molar-refractivity contribution < 1.29 is 9.84 Å². The Bertz CT molecular complexity index is 993. The number of hydrogen-bond donors (Lipinski definition) is 1. The molecule has 0 amide bonds. The Labute approximate surface area is 188 Å². The lowest BCUT2D eigenvalue weighted by atomic mass is 10.0. The molecule has 6 heteroatoms. The van der Waals surface area contributed by atoms with E-state index in [-0.39, 0.29) is 6.61 Å². The summed E-state index contributed by atoms with van der Waals surface area (Å²) in [5.41, 5.74) is 4.40. The molecular formula is C25H28ClN3O2. The van der Waals surface area contributed by atoms with Crippen molar-refractivity contribution in [2.75, 3.05) is 19.7 Å². The van der Waals surface area contributed by atoms with Gasteiger partial charge in [0.25, 0.3) is 0 Å². The van der Waals surface area contributed by atoms with E-state index in [9.17, 15) is 0 Å². The Hall–Kier alpha value is -2.47. The first-order chi connectivity index (χ1) is 15.1. The SMILES string of the molecule is CC(CCO)CN1CCc2nc(-c3ccc(OCc4ccc(Cl)cc4)cc3)ncc2C1. The van der Waals surface area contributed by atoms with Crippen LogP contribution in [0.3, 0.4) is 0 Å². The lowest BCUT2D eigenvalue weighted by molar-refractivity contribution is 0.189. The molecule has 5 nitrogen and oxygen atoms in total. The highest BCUT2D eigenvalue weighted by Gasteiger charge is 2.20. The predicted octanol–water partition coefficient (Wildman–Crippen LogP) is 4.75. The third-order valence-electron chi connectivity index (χ3n) is 5.64. The molecule has 1 aliphatic rings. The molecule has 1 unspecified atom stereocenters. The fourth-order valence-corrected chi connectivity index (χ4v) is 4.00. The first-order valence-corrected chi connectivity index (χ1v) is 11.1. The zero-order chi connectivity index (χ0) is 21.6. The number of aliphatic hydroxyl groups is 1. The molecule has 0 saturated heterocycles. The molecule has 1 atom stereocenters. The van der Waals surface area contributed by atoms with Crippen molar-refractivity contribution in [3.8, 4) is 17.1 Å². The molecule has 0 radical (unpaired) electrons. The van der Waals surface area contributed by atoms with Crippen LogP contribution in [-0.2, 0) is 19.6 Å². The van der Waals surface area contributed by atoms with Crippen LogP contribution in [0.15, 0.2) is 54.7 Å². The van der Waals surface area contributed by atoms with Crippen molar-refractivity contribution in [3.63, 3.8) is 0 Å². The van der Waals surface area contributed by atoms with Gasteiger partial charge in [-0.1, -0.05) is 30.7 Å². The first kappa shape index (κ1) is 21.8. The van der Waals surface area contributed by atoms with Crippen LogP contribution < -0.4 is 4.74 Å². The summed E-state index contributed by atoms with van der Waals surface area (Å²) in [4.78, 5) is 11.9. The van der Waals surface area contributed by atoms with Gasteiger partial charge in [-0.25, -0.2) is 9.97 Å². The normalized spacial score (nSPS) is 14.8. The second-order valence-electron chi connectivity index (χ2n) is 8.21. The average Bonchev–Trinajstić information content (AvgIpc) is 2.79. The van der Waals surface area contributed by atoms with Crippen molar-refractivity contribution in [1.82, 2.24) is 14.9 Å². The summed E-state index contributed by atoms with van der Waals surface area (Å²) in [6.45, 7) is 5.81. The van der Waals surface area contributed by atoms with Gasteiger partial charge in [0.2, 0.25) is 0 Å². The maximum atomic E-state index is 9.12. The smallest absolute Gasteiger partial charge is 0.159 e. The predicted molar refractivity (Wildman–Crippen MR) is 123 cm³/mol. The van der Waals surface area contributed by atoms with Gasteiger partial charge in [-0.05, 0) is 54.3 Å². The van der Waals surface area contributed by atoms with Gasteiger partial charge in [-0.2, -0.15) is 0 Å². The van der Waals surface area contributed by atoms with Crippen molar-refractivity contribution >= 4 is 11.6 Å². The van der Waals surface area contributed by atoms with Crippen LogP contribution in [0.4, 0.5) is 0 Å². The van der Waals surface area contributed by atoms with Crippen molar-refractivity contribution in [1.29, 1.82) is 0 Å². The number of aliphatic hydroxyl groups excluding tert-OH is 1. The molecular weight excluding hydrogens is 410 g/mol. The van der Waals surface area contributed by atoms with E-state index in [1.165, 1.54) is 5.56 Å². The lowest BCUT2D eigenvalue weighted by Gasteiger charge is -2.30. The minimum atomic E-state index is 0.253. The molecule has 1 N–H and O–H groups in total. The zero-order valence-corrected chi connectivity index (χ0v) is 18.6. The number of benzene rings is 2. The first-order valence-electron chi connectivity index (χ1n) is 10.8. The van der Waals surface area contributed by atoms with Gasteiger partial charge in [0.15, 0.2) is 5.82 Å². The molecule has 2 heterocycles. The van der Waals surface area contributed by atoms with E-state index in [4.69, 9.17) is 26.4 Å².